The van der Waals surface area contributed by atoms with Crippen LogP contribution in [0.25, 0.3) is 0 Å². The van der Waals surface area contributed by atoms with Crippen molar-refractivity contribution in [2.24, 2.45) is 0 Å². The number of unbranched alkanes of at least 4 members (excludes halogenated alkanes) is 39. The van der Waals surface area contributed by atoms with Crippen molar-refractivity contribution in [1.29, 1.82) is 0 Å². The number of phosphoric acid groups is 2. The van der Waals surface area contributed by atoms with Gasteiger partial charge in [0.2, 0.25) is 0 Å². The summed E-state index contributed by atoms with van der Waals surface area (Å²) in [4.78, 5) is 58.8. The molecule has 0 aromatic rings. The lowest BCUT2D eigenvalue weighted by Gasteiger charge is -2.21. The summed E-state index contributed by atoms with van der Waals surface area (Å²) in [5.41, 5.74) is 0. The first kappa shape index (κ1) is 107. The Hall–Kier alpha value is -4.31. The van der Waals surface area contributed by atoms with Gasteiger partial charge in [0.25, 0.3) is 0 Å². The van der Waals surface area contributed by atoms with E-state index in [9.17, 15) is 43.5 Å². The number of aliphatic hydroxyl groups is 2. The molecule has 0 spiro atoms. The fraction of sp³-hybridized carbons (Fsp3) is 0.731. The van der Waals surface area contributed by atoms with E-state index < -0.39 is 91.5 Å². The largest absolute Gasteiger partial charge is 0.472 e. The van der Waals surface area contributed by atoms with E-state index in [0.29, 0.717) is 19.3 Å². The van der Waals surface area contributed by atoms with Gasteiger partial charge in [0.1, 0.15) is 25.4 Å². The number of hydrogen-bond acceptors (Lipinski definition) is 14. The molecule has 0 aliphatic heterocycles. The summed E-state index contributed by atoms with van der Waals surface area (Å²) in [6.07, 6.45) is 105. The topological polar surface area (TPSA) is 231 Å². The molecule has 0 fully saturated rings. The zero-order chi connectivity index (χ0) is 80.8. The van der Waals surface area contributed by atoms with E-state index in [1.807, 2.05) is 0 Å². The second-order valence-electron chi connectivity index (χ2n) is 29.7. The van der Waals surface area contributed by atoms with E-state index in [-0.39, 0.29) is 19.3 Å². The van der Waals surface area contributed by atoms with Crippen LogP contribution in [0.2, 0.25) is 0 Å². The fourth-order valence-electron chi connectivity index (χ4n) is 12.1. The van der Waals surface area contributed by atoms with Gasteiger partial charge in [0, 0.05) is 19.3 Å². The summed E-state index contributed by atoms with van der Waals surface area (Å²) >= 11 is 0. The van der Waals surface area contributed by atoms with E-state index >= 15 is 0 Å². The monoisotopic (exact) mass is 1600 g/mol. The lowest BCUT2D eigenvalue weighted by molar-refractivity contribution is -0.161. The van der Waals surface area contributed by atoms with E-state index in [1.54, 1.807) is 0 Å². The number of esters is 3. The zero-order valence-corrected chi connectivity index (χ0v) is 72.1. The predicted octanol–water partition coefficient (Wildman–Crippen LogP) is 27.0. The van der Waals surface area contributed by atoms with Gasteiger partial charge in [0.05, 0.1) is 26.4 Å². The van der Waals surface area contributed by atoms with Gasteiger partial charge < -0.3 is 34.2 Å². The van der Waals surface area contributed by atoms with Gasteiger partial charge in [-0.1, -0.05) is 353 Å². The Balaban J connectivity index is 4.47. The van der Waals surface area contributed by atoms with Crippen LogP contribution in [0.1, 0.15) is 380 Å². The molecule has 0 bridgehead atoms. The number of carbonyl (C=O) groups excluding carboxylic acids is 3. The maximum atomic E-state index is 13.0. The second-order valence-corrected chi connectivity index (χ2v) is 32.6. The van der Waals surface area contributed by atoms with Crippen molar-refractivity contribution >= 4 is 33.6 Å². The molecule has 5 atom stereocenters. The number of allylic oxidation sites excluding steroid dienone is 22. The van der Waals surface area contributed by atoms with Crippen LogP contribution in [-0.4, -0.2) is 95.9 Å². The highest BCUT2D eigenvalue weighted by Crippen LogP contribution is 2.45. The van der Waals surface area contributed by atoms with Crippen molar-refractivity contribution in [3.63, 3.8) is 0 Å². The fourth-order valence-corrected chi connectivity index (χ4v) is 13.7. The van der Waals surface area contributed by atoms with Crippen LogP contribution in [0.5, 0.6) is 0 Å². The van der Waals surface area contributed by atoms with Crippen molar-refractivity contribution in [2.75, 3.05) is 39.6 Å². The molecule has 0 aromatic heterocycles. The third kappa shape index (κ3) is 86.4. The molecule has 5 unspecified atom stereocenters. The van der Waals surface area contributed by atoms with Crippen LogP contribution < -0.4 is 0 Å². The Kier molecular flexibility index (Phi) is 81.8. The molecule has 0 saturated carbocycles. The average Bonchev–Trinajstić information content (AvgIpc) is 0.912. The lowest BCUT2D eigenvalue weighted by Crippen LogP contribution is -2.30. The molecular formula is C93H162O16P2. The maximum absolute atomic E-state index is 13.0. The van der Waals surface area contributed by atoms with Crippen molar-refractivity contribution in [1.82, 2.24) is 0 Å². The number of aliphatic hydroxyl groups excluding tert-OH is 2. The van der Waals surface area contributed by atoms with E-state index in [2.05, 4.69) is 154 Å². The van der Waals surface area contributed by atoms with Gasteiger partial charge in [0.15, 0.2) is 6.10 Å². The van der Waals surface area contributed by atoms with Gasteiger partial charge in [-0.25, -0.2) is 9.13 Å². The molecule has 0 rings (SSSR count). The summed E-state index contributed by atoms with van der Waals surface area (Å²) < 4.78 is 61.3. The van der Waals surface area contributed by atoms with Gasteiger partial charge >= 0.3 is 33.6 Å². The minimum Gasteiger partial charge on any atom is -0.463 e. The molecule has 0 aliphatic rings. The first-order chi connectivity index (χ1) is 54.2. The smallest absolute Gasteiger partial charge is 0.463 e. The SMILES string of the molecule is CC/C=C\C/C=C\C/C=C\C/C=C\C/C=C\C/C=C\CCCCCCCCCCC(=O)OCC(COP(=O)(O)OCC(O)COP(=O)(O)OCC(O)COC(=O)CCCCCCCCCCCCCCCCCCC/C=C\C/C=C\C/C=C\C/C=C\CCCCC)OC(=O)CCCCCCC/C=C\CCCCCCCC. The quantitative estimate of drug-likeness (QED) is 0.0146. The van der Waals surface area contributed by atoms with Gasteiger partial charge in [-0.2, -0.15) is 0 Å². The molecule has 0 amide bonds. The van der Waals surface area contributed by atoms with Crippen LogP contribution >= 0.6 is 15.6 Å². The summed E-state index contributed by atoms with van der Waals surface area (Å²) in [5.74, 6) is -1.58. The number of rotatable bonds is 84. The van der Waals surface area contributed by atoms with Crippen LogP contribution in [0.4, 0.5) is 0 Å². The molecule has 16 nitrogen and oxygen atoms in total. The third-order valence-electron chi connectivity index (χ3n) is 18.8. The first-order valence-electron chi connectivity index (χ1n) is 44.5. The first-order valence-corrected chi connectivity index (χ1v) is 47.5. The highest BCUT2D eigenvalue weighted by Gasteiger charge is 2.29. The van der Waals surface area contributed by atoms with Crippen molar-refractivity contribution in [2.45, 2.75) is 399 Å². The van der Waals surface area contributed by atoms with Gasteiger partial charge in [-0.05, 0) is 141 Å². The molecule has 18 heteroatoms. The molecule has 0 radical (unpaired) electrons. The molecule has 4 N–H and O–H groups in total. The van der Waals surface area contributed by atoms with Crippen LogP contribution in [0, 0.1) is 0 Å². The normalized spacial score (nSPS) is 14.5. The standard InChI is InChI=1S/C93H162O16P2/c1-4-7-10-13-16-19-22-25-28-30-32-34-36-38-40-41-42-43-44-45-47-49-50-52-54-56-59-61-64-67-70-73-76-79-91(96)103-82-88(94)83-105-110(99,100)106-84-89(95)85-107-111(101,102)108-87-90(109-93(98)81-78-75-72-69-66-63-58-27-24-21-18-15-12-9-6-3)86-104-92(97)80-77-74-71-68-65-62-60-57-55-53-51-48-46-39-37-35-33-31-29-26-23-20-17-14-11-8-5-2/h8,11,16-17,19-20,25-29,32-35,38-40,46,51,53,58,88-90,94-95H,4-7,9-10,12-15,18,21-24,30-31,36-37,41-45,47-50,52,54-57,59-87H2,1-3H3,(H,99,100)(H,101,102)/b11-8-,19-16-,20-17-,28-25-,29-26-,34-32-,35-33-,40-38-,46-39-,53-51-,58-27-. The molecule has 0 aliphatic carbocycles. The highest BCUT2D eigenvalue weighted by molar-refractivity contribution is 7.47. The Morgan fingerprint density at radius 3 is 0.784 bits per heavy atom. The molecule has 0 saturated heterocycles. The van der Waals surface area contributed by atoms with Gasteiger partial charge in [-0.3, -0.25) is 32.5 Å². The predicted molar refractivity (Wildman–Crippen MR) is 463 cm³/mol. The summed E-state index contributed by atoms with van der Waals surface area (Å²) in [6.45, 7) is 2.56. The van der Waals surface area contributed by atoms with Crippen molar-refractivity contribution in [3.8, 4) is 0 Å². The van der Waals surface area contributed by atoms with Gasteiger partial charge in [-0.15, -0.1) is 0 Å². The molecular weight excluding hydrogens is 1430 g/mol. The third-order valence-corrected chi connectivity index (χ3v) is 20.7. The number of phosphoric ester groups is 2. The Labute approximate surface area is 677 Å². The number of hydrogen-bond donors (Lipinski definition) is 4. The summed E-state index contributed by atoms with van der Waals surface area (Å²) in [6, 6.07) is 0. The average molecular weight is 1600 g/mol. The molecule has 0 heterocycles. The Morgan fingerprint density at radius 1 is 0.261 bits per heavy atom. The van der Waals surface area contributed by atoms with E-state index in [1.165, 1.54) is 167 Å². The number of ether oxygens (including phenoxy) is 3. The summed E-state index contributed by atoms with van der Waals surface area (Å²) in [5, 5.41) is 20.7. The Morgan fingerprint density at radius 2 is 0.477 bits per heavy atom. The van der Waals surface area contributed by atoms with E-state index in [0.717, 1.165) is 154 Å². The number of carbonyl (C=O) groups is 3. The summed E-state index contributed by atoms with van der Waals surface area (Å²) in [7, 11) is -9.80. The van der Waals surface area contributed by atoms with Crippen LogP contribution in [0.15, 0.2) is 134 Å². The van der Waals surface area contributed by atoms with Crippen molar-refractivity contribution < 1.29 is 75.8 Å². The maximum Gasteiger partial charge on any atom is 0.472 e. The van der Waals surface area contributed by atoms with Crippen LogP contribution in [0.3, 0.4) is 0 Å². The van der Waals surface area contributed by atoms with E-state index in [4.69, 9.17) is 32.3 Å². The molecule has 0 aromatic carbocycles. The minimum atomic E-state index is -4.94. The van der Waals surface area contributed by atoms with Crippen LogP contribution in [-0.2, 0) is 55.8 Å². The Bertz CT molecular complexity index is 2550. The van der Waals surface area contributed by atoms with Crippen molar-refractivity contribution in [3.05, 3.63) is 134 Å². The molecule has 111 heavy (non-hydrogen) atoms. The highest BCUT2D eigenvalue weighted by atomic mass is 31.2. The zero-order valence-electron chi connectivity index (χ0n) is 70.4. The second kappa shape index (κ2) is 85.1. The lowest BCUT2D eigenvalue weighted by atomic mass is 10.0. The minimum absolute atomic E-state index is 0.0914. The molecule has 640 valence electrons.